The second-order valence-electron chi connectivity index (χ2n) is 18.1. The van der Waals surface area contributed by atoms with Crippen molar-refractivity contribution in [2.45, 2.75) is 32.1 Å². The van der Waals surface area contributed by atoms with Gasteiger partial charge in [-0.2, -0.15) is 0 Å². The number of hydrogen-bond acceptors (Lipinski definition) is 2. The number of rotatable bonds is 8. The molecule has 11 aromatic carbocycles. The molecule has 13 rings (SSSR count). The maximum absolute atomic E-state index is 2.57. The first-order chi connectivity index (χ1) is 33.2. The molecule has 0 atom stereocenters. The average Bonchev–Trinajstić information content (AvgIpc) is 3.88. The molecule has 0 aliphatic heterocycles. The lowest BCUT2D eigenvalue weighted by Crippen LogP contribution is -2.26. The molecule has 2 aliphatic rings. The van der Waals surface area contributed by atoms with Crippen LogP contribution in [0.3, 0.4) is 0 Å². The molecule has 0 saturated heterocycles. The SMILES string of the molecule is CCc1ccc(N(c2ccccc2)c2ccc3c4c(c5ccccc5c3c2)-c2c(cc(N(c3ccccc3)c3ccc(CC)cc3)c3ccccc23)C42c3ccccc3-c3ccccc32)cc1. The molecule has 11 aromatic rings. The number of para-hydroxylation sites is 2. The molecule has 0 heterocycles. The van der Waals surface area contributed by atoms with Gasteiger partial charge in [0.1, 0.15) is 0 Å². The van der Waals surface area contributed by atoms with Gasteiger partial charge in [0.15, 0.2) is 0 Å². The highest BCUT2D eigenvalue weighted by atomic mass is 15.1. The van der Waals surface area contributed by atoms with Gasteiger partial charge in [-0.05, 0) is 162 Å². The van der Waals surface area contributed by atoms with Gasteiger partial charge in [0, 0.05) is 33.8 Å². The van der Waals surface area contributed by atoms with Gasteiger partial charge in [0.2, 0.25) is 0 Å². The molecular weight excluding hydrogens is 809 g/mol. The second-order valence-corrected chi connectivity index (χ2v) is 18.1. The number of aryl methyl sites for hydroxylation is 2. The van der Waals surface area contributed by atoms with Gasteiger partial charge in [0.25, 0.3) is 0 Å². The topological polar surface area (TPSA) is 6.48 Å². The van der Waals surface area contributed by atoms with E-state index in [1.807, 2.05) is 0 Å². The summed E-state index contributed by atoms with van der Waals surface area (Å²) in [6.07, 6.45) is 1.99. The van der Waals surface area contributed by atoms with Crippen LogP contribution in [0.15, 0.2) is 231 Å². The maximum Gasteiger partial charge on any atom is 0.0732 e. The van der Waals surface area contributed by atoms with E-state index >= 15 is 0 Å². The van der Waals surface area contributed by atoms with E-state index in [1.54, 1.807) is 0 Å². The summed E-state index contributed by atoms with van der Waals surface area (Å²) in [6, 6.07) is 86.6. The van der Waals surface area contributed by atoms with Crippen molar-refractivity contribution in [1.82, 2.24) is 0 Å². The Morgan fingerprint density at radius 2 is 0.761 bits per heavy atom. The van der Waals surface area contributed by atoms with Gasteiger partial charge in [-0.3, -0.25) is 0 Å². The van der Waals surface area contributed by atoms with E-state index in [-0.39, 0.29) is 0 Å². The molecule has 0 N–H and O–H groups in total. The predicted octanol–water partition coefficient (Wildman–Crippen LogP) is 17.6. The number of fused-ring (bicyclic) bond motifs is 17. The van der Waals surface area contributed by atoms with E-state index in [2.05, 4.69) is 254 Å². The van der Waals surface area contributed by atoms with E-state index in [9.17, 15) is 0 Å². The lowest BCUT2D eigenvalue weighted by atomic mass is 9.69. The lowest BCUT2D eigenvalue weighted by molar-refractivity contribution is 0.802. The average molecular weight is 857 g/mol. The molecule has 318 valence electrons. The van der Waals surface area contributed by atoms with E-state index in [0.717, 1.165) is 41.3 Å². The van der Waals surface area contributed by atoms with E-state index in [0.29, 0.717) is 0 Å². The summed E-state index contributed by atoms with van der Waals surface area (Å²) in [7, 11) is 0. The molecule has 2 aliphatic carbocycles. The van der Waals surface area contributed by atoms with Crippen LogP contribution in [0.5, 0.6) is 0 Å². The van der Waals surface area contributed by atoms with Crippen molar-refractivity contribution in [3.8, 4) is 22.3 Å². The lowest BCUT2D eigenvalue weighted by Gasteiger charge is -2.34. The summed E-state index contributed by atoms with van der Waals surface area (Å²) in [5.41, 5.74) is 19.5. The van der Waals surface area contributed by atoms with Crippen LogP contribution in [0.1, 0.15) is 47.2 Å². The molecule has 0 unspecified atom stereocenters. The first-order valence-electron chi connectivity index (χ1n) is 23.8. The van der Waals surface area contributed by atoms with Crippen LogP contribution >= 0.6 is 0 Å². The Balaban J connectivity index is 1.18. The Labute approximate surface area is 392 Å². The van der Waals surface area contributed by atoms with Crippen molar-refractivity contribution in [3.63, 3.8) is 0 Å². The molecule has 0 saturated carbocycles. The summed E-state index contributed by atoms with van der Waals surface area (Å²) in [5.74, 6) is 0. The maximum atomic E-state index is 2.57. The van der Waals surface area contributed by atoms with Gasteiger partial charge in [-0.25, -0.2) is 0 Å². The van der Waals surface area contributed by atoms with Crippen LogP contribution in [0.2, 0.25) is 0 Å². The van der Waals surface area contributed by atoms with Crippen LogP contribution in [-0.2, 0) is 18.3 Å². The van der Waals surface area contributed by atoms with Gasteiger partial charge in [-0.1, -0.05) is 178 Å². The molecule has 1 spiro atoms. The number of benzene rings is 11. The van der Waals surface area contributed by atoms with Gasteiger partial charge >= 0.3 is 0 Å². The van der Waals surface area contributed by atoms with Gasteiger partial charge < -0.3 is 9.80 Å². The van der Waals surface area contributed by atoms with Crippen molar-refractivity contribution in [2.75, 3.05) is 9.80 Å². The molecule has 2 nitrogen and oxygen atoms in total. The highest BCUT2D eigenvalue weighted by Gasteiger charge is 2.54. The third-order valence-corrected chi connectivity index (χ3v) is 14.7. The molecule has 0 fully saturated rings. The van der Waals surface area contributed by atoms with Crippen molar-refractivity contribution in [3.05, 3.63) is 264 Å². The van der Waals surface area contributed by atoms with E-state index in [4.69, 9.17) is 0 Å². The minimum atomic E-state index is -0.621. The summed E-state index contributed by atoms with van der Waals surface area (Å²) < 4.78 is 0. The van der Waals surface area contributed by atoms with Crippen LogP contribution in [-0.4, -0.2) is 0 Å². The Bertz CT molecular complexity index is 3660. The highest BCUT2D eigenvalue weighted by Crippen LogP contribution is 2.67. The molecule has 67 heavy (non-hydrogen) atoms. The summed E-state index contributed by atoms with van der Waals surface area (Å²) >= 11 is 0. The largest absolute Gasteiger partial charge is 0.310 e. The third kappa shape index (κ3) is 5.76. The Hall–Kier alpha value is -8.20. The summed E-state index contributed by atoms with van der Waals surface area (Å²) in [4.78, 5) is 4.90. The van der Waals surface area contributed by atoms with Gasteiger partial charge in [-0.15, -0.1) is 0 Å². The monoisotopic (exact) mass is 856 g/mol. The van der Waals surface area contributed by atoms with E-state index in [1.165, 1.54) is 93.6 Å². The Kier molecular flexibility index (Phi) is 9.05. The first-order valence-corrected chi connectivity index (χ1v) is 23.8. The Morgan fingerprint density at radius 3 is 1.34 bits per heavy atom. The standard InChI is InChI=1S/C65H48N2/c1-3-43-31-35-47(36-32-43)66(45-19-7-5-8-20-45)49-39-40-56-57(41-49)50-23-11-13-27-54(50)63-62-55-28-14-12-26-53(55)61(67(46-21-9-6-10-22-46)48-37-33-44(4-2)34-38-48)42-60(62)65(64(56)63)58-29-17-15-24-51(58)52-25-16-18-30-59(52)65/h5-42H,3-4H2,1-2H3. The van der Waals surface area contributed by atoms with Crippen molar-refractivity contribution in [2.24, 2.45) is 0 Å². The van der Waals surface area contributed by atoms with Crippen molar-refractivity contribution in [1.29, 1.82) is 0 Å². The van der Waals surface area contributed by atoms with Crippen LogP contribution in [0.4, 0.5) is 34.1 Å². The van der Waals surface area contributed by atoms with Gasteiger partial charge in [0.05, 0.1) is 11.1 Å². The number of anilines is 6. The van der Waals surface area contributed by atoms with Crippen molar-refractivity contribution < 1.29 is 0 Å². The summed E-state index contributed by atoms with van der Waals surface area (Å²) in [6.45, 7) is 4.45. The minimum Gasteiger partial charge on any atom is -0.310 e. The van der Waals surface area contributed by atoms with E-state index < -0.39 is 5.41 Å². The molecule has 0 radical (unpaired) electrons. The van der Waals surface area contributed by atoms with Crippen LogP contribution < -0.4 is 9.80 Å². The third-order valence-electron chi connectivity index (χ3n) is 14.7. The number of nitrogens with zero attached hydrogens (tertiary/aromatic N) is 2. The van der Waals surface area contributed by atoms with Crippen LogP contribution in [0.25, 0.3) is 54.6 Å². The zero-order valence-electron chi connectivity index (χ0n) is 37.7. The number of hydrogen-bond donors (Lipinski definition) is 0. The minimum absolute atomic E-state index is 0.621. The summed E-state index contributed by atoms with van der Waals surface area (Å²) in [5, 5.41) is 7.53. The smallest absolute Gasteiger partial charge is 0.0732 e. The highest BCUT2D eigenvalue weighted by molar-refractivity contribution is 6.24. The molecule has 0 bridgehead atoms. The van der Waals surface area contributed by atoms with Crippen LogP contribution in [0, 0.1) is 0 Å². The molecule has 0 aromatic heterocycles. The fourth-order valence-corrected chi connectivity index (χ4v) is 11.8. The van der Waals surface area contributed by atoms with Crippen molar-refractivity contribution >= 4 is 66.4 Å². The fraction of sp³-hybridized carbons (Fsp3) is 0.0769. The quantitative estimate of drug-likeness (QED) is 0.141. The second kappa shape index (κ2) is 15.5. The fourth-order valence-electron chi connectivity index (χ4n) is 11.8. The molecular formula is C65H48N2. The molecule has 0 amide bonds. The Morgan fingerprint density at radius 1 is 0.313 bits per heavy atom. The predicted molar refractivity (Wildman–Crippen MR) is 283 cm³/mol. The normalized spacial score (nSPS) is 12.9. The molecule has 2 heteroatoms. The first kappa shape index (κ1) is 39.2. The zero-order chi connectivity index (χ0) is 44.6. The zero-order valence-corrected chi connectivity index (χ0v) is 37.7.